The van der Waals surface area contributed by atoms with Crippen molar-refractivity contribution >= 4 is 34.1 Å². The Balaban J connectivity index is 1.51. The molecule has 7 heteroatoms. The number of thioether (sulfide) groups is 1. The largest absolute Gasteiger partial charge is 0.481 e. The minimum Gasteiger partial charge on any atom is -0.481 e. The predicted octanol–water partition coefficient (Wildman–Crippen LogP) is 4.54. The van der Waals surface area contributed by atoms with Crippen LogP contribution in [-0.2, 0) is 10.5 Å². The van der Waals surface area contributed by atoms with E-state index in [1.165, 1.54) is 16.9 Å². The third-order valence-electron chi connectivity index (χ3n) is 3.54. The van der Waals surface area contributed by atoms with Crippen LogP contribution in [0.25, 0.3) is 0 Å². The Morgan fingerprint density at radius 2 is 1.88 bits per heavy atom. The Labute approximate surface area is 160 Å². The summed E-state index contributed by atoms with van der Waals surface area (Å²) in [6.07, 6.45) is -0.623. The molecule has 0 unspecified atom stereocenters. The number of rotatable bonds is 7. The highest BCUT2D eigenvalue weighted by molar-refractivity contribution is 8.00. The van der Waals surface area contributed by atoms with E-state index in [4.69, 9.17) is 4.74 Å². The zero-order valence-corrected chi connectivity index (χ0v) is 16.1. The van der Waals surface area contributed by atoms with Gasteiger partial charge in [0.1, 0.15) is 5.75 Å². The Morgan fingerprint density at radius 3 is 2.62 bits per heavy atom. The molecule has 26 heavy (non-hydrogen) atoms. The van der Waals surface area contributed by atoms with Crippen LogP contribution in [0.15, 0.2) is 58.9 Å². The lowest BCUT2D eigenvalue weighted by atomic mass is 10.2. The van der Waals surface area contributed by atoms with Crippen LogP contribution in [0.4, 0.5) is 5.13 Å². The van der Waals surface area contributed by atoms with Gasteiger partial charge in [-0.3, -0.25) is 10.1 Å². The number of amides is 1. The van der Waals surface area contributed by atoms with Crippen molar-refractivity contribution < 1.29 is 9.53 Å². The van der Waals surface area contributed by atoms with Crippen molar-refractivity contribution in [3.8, 4) is 5.75 Å². The maximum Gasteiger partial charge on any atom is 0.266 e. The van der Waals surface area contributed by atoms with Gasteiger partial charge in [0.25, 0.3) is 5.91 Å². The Morgan fingerprint density at radius 1 is 1.15 bits per heavy atom. The fourth-order valence-electron chi connectivity index (χ4n) is 2.12. The molecule has 1 amide bonds. The normalized spacial score (nSPS) is 11.8. The maximum atomic E-state index is 12.3. The number of carbonyl (C=O) groups excluding carboxylic acids is 1. The summed E-state index contributed by atoms with van der Waals surface area (Å²) in [5.74, 6) is 1.23. The predicted molar refractivity (Wildman–Crippen MR) is 106 cm³/mol. The first kappa shape index (κ1) is 18.4. The van der Waals surface area contributed by atoms with Gasteiger partial charge in [-0.25, -0.2) is 0 Å². The van der Waals surface area contributed by atoms with Gasteiger partial charge in [-0.2, -0.15) is 0 Å². The van der Waals surface area contributed by atoms with Crippen LogP contribution in [0.1, 0.15) is 18.1 Å². The summed E-state index contributed by atoms with van der Waals surface area (Å²) >= 11 is 2.96. The van der Waals surface area contributed by atoms with Crippen LogP contribution < -0.4 is 10.1 Å². The fourth-order valence-corrected chi connectivity index (χ4v) is 3.83. The summed E-state index contributed by atoms with van der Waals surface area (Å²) < 4.78 is 6.47. The lowest BCUT2D eigenvalue weighted by molar-refractivity contribution is -0.122. The third-order valence-corrected chi connectivity index (χ3v) is 5.59. The number of aryl methyl sites for hydroxylation is 1. The smallest absolute Gasteiger partial charge is 0.266 e. The molecule has 1 atom stereocenters. The van der Waals surface area contributed by atoms with Crippen molar-refractivity contribution in [2.45, 2.75) is 30.0 Å². The van der Waals surface area contributed by atoms with E-state index in [0.29, 0.717) is 10.9 Å². The first-order valence-electron chi connectivity index (χ1n) is 8.14. The van der Waals surface area contributed by atoms with Crippen molar-refractivity contribution in [2.75, 3.05) is 5.32 Å². The number of hydrogen-bond donors (Lipinski definition) is 1. The summed E-state index contributed by atoms with van der Waals surface area (Å²) in [6.45, 7) is 3.71. The van der Waals surface area contributed by atoms with E-state index in [9.17, 15) is 4.79 Å². The van der Waals surface area contributed by atoms with Gasteiger partial charge in [0, 0.05) is 5.75 Å². The monoisotopic (exact) mass is 385 g/mol. The minimum atomic E-state index is -0.623. The summed E-state index contributed by atoms with van der Waals surface area (Å²) in [4.78, 5) is 12.3. The molecule has 0 fully saturated rings. The van der Waals surface area contributed by atoms with Crippen LogP contribution in [0.5, 0.6) is 5.75 Å². The molecule has 3 aromatic rings. The molecule has 0 aliphatic heterocycles. The molecule has 0 saturated heterocycles. The number of aromatic nitrogens is 2. The molecule has 1 aromatic heterocycles. The molecule has 3 rings (SSSR count). The van der Waals surface area contributed by atoms with Gasteiger partial charge in [-0.05, 0) is 31.5 Å². The summed E-state index contributed by atoms with van der Waals surface area (Å²) in [5.41, 5.74) is 2.36. The molecule has 2 aromatic carbocycles. The Hall–Kier alpha value is -2.38. The van der Waals surface area contributed by atoms with Crippen LogP contribution in [0, 0.1) is 6.92 Å². The summed E-state index contributed by atoms with van der Waals surface area (Å²) in [6, 6.07) is 17.7. The number of benzene rings is 2. The molecule has 0 bridgehead atoms. The van der Waals surface area contributed by atoms with Gasteiger partial charge in [0.05, 0.1) is 0 Å². The lowest BCUT2D eigenvalue weighted by Crippen LogP contribution is -2.30. The molecular formula is C19H19N3O2S2. The fraction of sp³-hybridized carbons (Fsp3) is 0.211. The first-order chi connectivity index (χ1) is 12.6. The van der Waals surface area contributed by atoms with Crippen molar-refractivity contribution in [1.82, 2.24) is 10.2 Å². The highest BCUT2D eigenvalue weighted by atomic mass is 32.2. The zero-order chi connectivity index (χ0) is 18.4. The van der Waals surface area contributed by atoms with Crippen molar-refractivity contribution in [1.29, 1.82) is 0 Å². The van der Waals surface area contributed by atoms with Crippen LogP contribution in [-0.4, -0.2) is 22.2 Å². The van der Waals surface area contributed by atoms with Crippen LogP contribution in [0.3, 0.4) is 0 Å². The lowest BCUT2D eigenvalue weighted by Gasteiger charge is -2.13. The molecule has 0 aliphatic carbocycles. The van der Waals surface area contributed by atoms with E-state index in [2.05, 4.69) is 27.6 Å². The number of nitrogens with one attached hydrogen (secondary N) is 1. The average molecular weight is 386 g/mol. The van der Waals surface area contributed by atoms with E-state index in [-0.39, 0.29) is 5.91 Å². The summed E-state index contributed by atoms with van der Waals surface area (Å²) in [5, 5.41) is 11.4. The van der Waals surface area contributed by atoms with Gasteiger partial charge in [0.15, 0.2) is 10.4 Å². The van der Waals surface area contributed by atoms with Crippen LogP contribution >= 0.6 is 23.1 Å². The number of carbonyl (C=O) groups is 1. The van der Waals surface area contributed by atoms with E-state index < -0.39 is 6.10 Å². The van der Waals surface area contributed by atoms with Crippen molar-refractivity contribution in [3.05, 3.63) is 65.7 Å². The summed E-state index contributed by atoms with van der Waals surface area (Å²) in [7, 11) is 0. The van der Waals surface area contributed by atoms with E-state index in [1.807, 2.05) is 49.4 Å². The minimum absolute atomic E-state index is 0.249. The highest BCUT2D eigenvalue weighted by Gasteiger charge is 2.17. The molecule has 0 spiro atoms. The van der Waals surface area contributed by atoms with E-state index in [0.717, 1.165) is 15.7 Å². The van der Waals surface area contributed by atoms with E-state index >= 15 is 0 Å². The van der Waals surface area contributed by atoms with Gasteiger partial charge >= 0.3 is 0 Å². The van der Waals surface area contributed by atoms with Gasteiger partial charge in [0.2, 0.25) is 5.13 Å². The second-order valence-electron chi connectivity index (χ2n) is 5.71. The van der Waals surface area contributed by atoms with Gasteiger partial charge in [-0.15, -0.1) is 10.2 Å². The molecule has 0 radical (unpaired) electrons. The van der Waals surface area contributed by atoms with Crippen molar-refractivity contribution in [3.63, 3.8) is 0 Å². The third kappa shape index (κ3) is 5.31. The van der Waals surface area contributed by atoms with Crippen LogP contribution in [0.2, 0.25) is 0 Å². The Bertz CT molecular complexity index is 851. The molecule has 0 aliphatic rings. The second-order valence-corrected chi connectivity index (χ2v) is 7.91. The van der Waals surface area contributed by atoms with E-state index in [1.54, 1.807) is 18.7 Å². The molecule has 5 nitrogen and oxygen atoms in total. The first-order valence-corrected chi connectivity index (χ1v) is 9.95. The SMILES string of the molecule is Cc1ccc(O[C@@H](C)C(=O)Nc2nnc(SCc3ccccc3)s2)cc1. The van der Waals surface area contributed by atoms with Gasteiger partial charge < -0.3 is 4.74 Å². The standard InChI is InChI=1S/C19H19N3O2S2/c1-13-8-10-16(11-9-13)24-14(2)17(23)20-18-21-22-19(26-18)25-12-15-6-4-3-5-7-15/h3-11,14H,12H2,1-2H3,(H,20,21,23)/t14-/m0/s1. The number of ether oxygens (including phenoxy) is 1. The molecular weight excluding hydrogens is 366 g/mol. The van der Waals surface area contributed by atoms with Gasteiger partial charge in [-0.1, -0.05) is 71.1 Å². The number of nitrogens with zero attached hydrogens (tertiary/aromatic N) is 2. The average Bonchev–Trinajstić information content (AvgIpc) is 3.10. The zero-order valence-electron chi connectivity index (χ0n) is 14.5. The highest BCUT2D eigenvalue weighted by Crippen LogP contribution is 2.28. The number of hydrogen-bond acceptors (Lipinski definition) is 6. The molecule has 0 saturated carbocycles. The molecule has 1 N–H and O–H groups in total. The van der Waals surface area contributed by atoms with Crippen molar-refractivity contribution in [2.24, 2.45) is 0 Å². The quantitative estimate of drug-likeness (QED) is 0.478. The second kappa shape index (κ2) is 8.82. The molecule has 134 valence electrons. The maximum absolute atomic E-state index is 12.3. The topological polar surface area (TPSA) is 64.1 Å². The molecule has 1 heterocycles. The Kier molecular flexibility index (Phi) is 6.25. The number of anilines is 1.